The summed E-state index contributed by atoms with van der Waals surface area (Å²) in [6.45, 7) is 0.368. The molecule has 15 heavy (non-hydrogen) atoms. The lowest BCUT2D eigenvalue weighted by Gasteiger charge is -2.06. The molecular formula is C11H12FNO2. The Morgan fingerprint density at radius 3 is 2.87 bits per heavy atom. The Hall–Kier alpha value is -1.58. The van der Waals surface area contributed by atoms with Crippen LogP contribution in [-0.2, 0) is 4.74 Å². The van der Waals surface area contributed by atoms with Gasteiger partial charge in [-0.25, -0.2) is 9.18 Å². The maximum Gasteiger partial charge on any atom is 0.343 e. The van der Waals surface area contributed by atoms with Crippen LogP contribution in [0.2, 0.25) is 0 Å². The van der Waals surface area contributed by atoms with Gasteiger partial charge in [-0.05, 0) is 30.9 Å². The molecule has 0 bridgehead atoms. The van der Waals surface area contributed by atoms with Crippen molar-refractivity contribution in [2.75, 3.05) is 12.3 Å². The van der Waals surface area contributed by atoms with Gasteiger partial charge in [0.2, 0.25) is 0 Å². The standard InChI is InChI=1S/C11H12FNO2/c12-8-2-1-3-9(13)10(8)11(14)15-6-7-4-5-7/h1-3,7H,4-6,13H2. The molecule has 0 atom stereocenters. The van der Waals surface area contributed by atoms with Crippen LogP contribution < -0.4 is 5.73 Å². The van der Waals surface area contributed by atoms with Crippen LogP contribution in [0.5, 0.6) is 0 Å². The van der Waals surface area contributed by atoms with Gasteiger partial charge in [-0.1, -0.05) is 6.07 Å². The second-order valence-electron chi connectivity index (χ2n) is 3.75. The molecule has 1 aliphatic rings. The van der Waals surface area contributed by atoms with Gasteiger partial charge in [0.05, 0.1) is 6.61 Å². The number of nitrogens with two attached hydrogens (primary N) is 1. The molecule has 1 aromatic carbocycles. The Labute approximate surface area is 87.0 Å². The number of nitrogen functional groups attached to an aromatic ring is 1. The van der Waals surface area contributed by atoms with E-state index in [9.17, 15) is 9.18 Å². The number of hydrogen-bond donors (Lipinski definition) is 1. The third-order valence-electron chi connectivity index (χ3n) is 2.40. The van der Waals surface area contributed by atoms with E-state index in [0.29, 0.717) is 12.5 Å². The number of anilines is 1. The molecule has 1 fully saturated rings. The molecule has 0 aliphatic heterocycles. The van der Waals surface area contributed by atoms with Crippen LogP contribution >= 0.6 is 0 Å². The number of carbonyl (C=O) groups is 1. The van der Waals surface area contributed by atoms with Crippen LogP contribution in [0.4, 0.5) is 10.1 Å². The third kappa shape index (κ3) is 2.26. The summed E-state index contributed by atoms with van der Waals surface area (Å²) in [5.41, 5.74) is 5.47. The fourth-order valence-corrected chi connectivity index (χ4v) is 1.31. The zero-order valence-electron chi connectivity index (χ0n) is 8.20. The van der Waals surface area contributed by atoms with Gasteiger partial charge in [-0.15, -0.1) is 0 Å². The molecule has 1 aromatic rings. The zero-order valence-corrected chi connectivity index (χ0v) is 8.20. The molecule has 2 rings (SSSR count). The predicted octanol–water partition coefficient (Wildman–Crippen LogP) is 1.97. The van der Waals surface area contributed by atoms with Crippen LogP contribution in [0.3, 0.4) is 0 Å². The number of hydrogen-bond acceptors (Lipinski definition) is 3. The Bertz CT molecular complexity index is 368. The van der Waals surface area contributed by atoms with Gasteiger partial charge < -0.3 is 10.5 Å². The minimum atomic E-state index is -0.669. The number of carbonyl (C=O) groups excluding carboxylic acids is 1. The fourth-order valence-electron chi connectivity index (χ4n) is 1.31. The van der Waals surface area contributed by atoms with Gasteiger partial charge in [0, 0.05) is 5.69 Å². The lowest BCUT2D eigenvalue weighted by atomic mass is 10.2. The highest BCUT2D eigenvalue weighted by Crippen LogP contribution is 2.29. The molecule has 0 radical (unpaired) electrons. The first kappa shape index (κ1) is 9.96. The number of esters is 1. The second kappa shape index (κ2) is 3.88. The van der Waals surface area contributed by atoms with Crippen molar-refractivity contribution >= 4 is 11.7 Å². The van der Waals surface area contributed by atoms with Gasteiger partial charge in [-0.3, -0.25) is 0 Å². The Morgan fingerprint density at radius 1 is 1.53 bits per heavy atom. The third-order valence-corrected chi connectivity index (χ3v) is 2.40. The summed E-state index contributed by atoms with van der Waals surface area (Å²) in [5, 5.41) is 0. The van der Waals surface area contributed by atoms with Gasteiger partial charge in [-0.2, -0.15) is 0 Å². The van der Waals surface area contributed by atoms with Crippen LogP contribution in [0.15, 0.2) is 18.2 Å². The fraction of sp³-hybridized carbons (Fsp3) is 0.364. The topological polar surface area (TPSA) is 52.3 Å². The molecule has 0 amide bonds. The van der Waals surface area contributed by atoms with E-state index in [1.807, 2.05) is 0 Å². The van der Waals surface area contributed by atoms with Crippen molar-refractivity contribution in [3.8, 4) is 0 Å². The summed E-state index contributed by atoms with van der Waals surface area (Å²) in [6, 6.07) is 4.14. The van der Waals surface area contributed by atoms with Crippen LogP contribution in [0, 0.1) is 11.7 Å². The molecule has 3 nitrogen and oxygen atoms in total. The van der Waals surface area contributed by atoms with E-state index in [1.165, 1.54) is 18.2 Å². The molecule has 0 spiro atoms. The van der Waals surface area contributed by atoms with E-state index >= 15 is 0 Å². The minimum absolute atomic E-state index is 0.121. The molecule has 0 unspecified atom stereocenters. The highest BCUT2D eigenvalue weighted by Gasteiger charge is 2.24. The van der Waals surface area contributed by atoms with Crippen molar-refractivity contribution in [2.45, 2.75) is 12.8 Å². The molecule has 0 aromatic heterocycles. The maximum atomic E-state index is 13.3. The number of benzene rings is 1. The predicted molar refractivity (Wildman–Crippen MR) is 53.8 cm³/mol. The Morgan fingerprint density at radius 2 is 2.27 bits per heavy atom. The average molecular weight is 209 g/mol. The highest BCUT2D eigenvalue weighted by molar-refractivity contribution is 5.95. The van der Waals surface area contributed by atoms with Crippen molar-refractivity contribution in [3.63, 3.8) is 0 Å². The number of rotatable bonds is 3. The van der Waals surface area contributed by atoms with E-state index in [4.69, 9.17) is 10.5 Å². The van der Waals surface area contributed by atoms with Gasteiger partial charge in [0.25, 0.3) is 0 Å². The number of halogens is 1. The summed E-state index contributed by atoms with van der Waals surface area (Å²) in [7, 11) is 0. The summed E-state index contributed by atoms with van der Waals surface area (Å²) >= 11 is 0. The molecule has 0 saturated heterocycles. The van der Waals surface area contributed by atoms with Crippen molar-refractivity contribution in [1.29, 1.82) is 0 Å². The Balaban J connectivity index is 2.09. The quantitative estimate of drug-likeness (QED) is 0.611. The van der Waals surface area contributed by atoms with E-state index < -0.39 is 11.8 Å². The van der Waals surface area contributed by atoms with Crippen molar-refractivity contribution in [2.24, 2.45) is 5.92 Å². The van der Waals surface area contributed by atoms with Crippen LogP contribution in [0.1, 0.15) is 23.2 Å². The first-order chi connectivity index (χ1) is 7.18. The monoisotopic (exact) mass is 209 g/mol. The smallest absolute Gasteiger partial charge is 0.343 e. The first-order valence-corrected chi connectivity index (χ1v) is 4.89. The average Bonchev–Trinajstić information content (AvgIpc) is 2.97. The van der Waals surface area contributed by atoms with Crippen molar-refractivity contribution in [3.05, 3.63) is 29.6 Å². The summed E-state index contributed by atoms with van der Waals surface area (Å²) in [5.74, 6) is -0.838. The van der Waals surface area contributed by atoms with Crippen molar-refractivity contribution in [1.82, 2.24) is 0 Å². The first-order valence-electron chi connectivity index (χ1n) is 4.89. The van der Waals surface area contributed by atoms with Gasteiger partial charge in [0.15, 0.2) is 0 Å². The molecule has 80 valence electrons. The highest BCUT2D eigenvalue weighted by atomic mass is 19.1. The van der Waals surface area contributed by atoms with Gasteiger partial charge in [0.1, 0.15) is 11.4 Å². The molecule has 1 saturated carbocycles. The van der Waals surface area contributed by atoms with E-state index in [2.05, 4.69) is 0 Å². The lowest BCUT2D eigenvalue weighted by Crippen LogP contribution is -2.12. The van der Waals surface area contributed by atoms with Crippen molar-refractivity contribution < 1.29 is 13.9 Å². The lowest BCUT2D eigenvalue weighted by molar-refractivity contribution is 0.0482. The van der Waals surface area contributed by atoms with Crippen LogP contribution in [0.25, 0.3) is 0 Å². The zero-order chi connectivity index (χ0) is 10.8. The molecule has 1 aliphatic carbocycles. The molecule has 0 heterocycles. The summed E-state index contributed by atoms with van der Waals surface area (Å²) in [6.07, 6.45) is 2.17. The minimum Gasteiger partial charge on any atom is -0.462 e. The van der Waals surface area contributed by atoms with E-state index in [-0.39, 0.29) is 11.3 Å². The van der Waals surface area contributed by atoms with E-state index in [1.54, 1.807) is 0 Å². The summed E-state index contributed by atoms with van der Waals surface area (Å²) in [4.78, 5) is 11.5. The largest absolute Gasteiger partial charge is 0.462 e. The van der Waals surface area contributed by atoms with E-state index in [0.717, 1.165) is 12.8 Å². The normalized spacial score (nSPS) is 15.0. The molecule has 4 heteroatoms. The number of ether oxygens (including phenoxy) is 1. The second-order valence-corrected chi connectivity index (χ2v) is 3.75. The molecule has 2 N–H and O–H groups in total. The molecular weight excluding hydrogens is 197 g/mol. The summed E-state index contributed by atoms with van der Waals surface area (Å²) < 4.78 is 18.2. The maximum absolute atomic E-state index is 13.3. The van der Waals surface area contributed by atoms with Gasteiger partial charge >= 0.3 is 5.97 Å². The SMILES string of the molecule is Nc1cccc(F)c1C(=O)OCC1CC1. The van der Waals surface area contributed by atoms with Crippen LogP contribution in [-0.4, -0.2) is 12.6 Å². The Kier molecular flexibility index (Phi) is 2.58.